The van der Waals surface area contributed by atoms with E-state index in [0.717, 1.165) is 29.5 Å². The van der Waals surface area contributed by atoms with Crippen LogP contribution in [0.15, 0.2) is 81.9 Å². The zero-order valence-corrected chi connectivity index (χ0v) is 18.4. The Kier molecular flexibility index (Phi) is 5.98. The number of hydrogen-bond donors (Lipinski definition) is 1. The molecule has 2 amide bonds. The van der Waals surface area contributed by atoms with Gasteiger partial charge in [0.15, 0.2) is 0 Å². The number of amides is 2. The highest BCUT2D eigenvalue weighted by Crippen LogP contribution is 2.30. The summed E-state index contributed by atoms with van der Waals surface area (Å²) in [7, 11) is 0. The van der Waals surface area contributed by atoms with Crippen molar-refractivity contribution < 1.29 is 9.21 Å². The van der Waals surface area contributed by atoms with Gasteiger partial charge in [0.25, 0.3) is 0 Å². The van der Waals surface area contributed by atoms with Crippen molar-refractivity contribution in [3.8, 4) is 11.5 Å². The molecule has 1 fully saturated rings. The largest absolute Gasteiger partial charge is 0.420 e. The van der Waals surface area contributed by atoms with Crippen LogP contribution in [0.5, 0.6) is 0 Å². The molecule has 4 aromatic rings. The summed E-state index contributed by atoms with van der Waals surface area (Å²) in [5.41, 5.74) is 3.04. The number of nitrogens with zero attached hydrogens (tertiary/aromatic N) is 3. The number of carbonyl (C=O) groups is 1. The van der Waals surface area contributed by atoms with Crippen molar-refractivity contribution in [3.05, 3.63) is 94.5 Å². The molecule has 2 aromatic heterocycles. The second kappa shape index (κ2) is 9.36. The van der Waals surface area contributed by atoms with Crippen LogP contribution >= 0.6 is 11.3 Å². The van der Waals surface area contributed by atoms with Crippen LogP contribution in [-0.4, -0.2) is 34.2 Å². The van der Waals surface area contributed by atoms with Gasteiger partial charge in [0.05, 0.1) is 12.0 Å². The Morgan fingerprint density at radius 3 is 2.41 bits per heavy atom. The van der Waals surface area contributed by atoms with Gasteiger partial charge in [-0.3, -0.25) is 0 Å². The Hall–Kier alpha value is -3.45. The van der Waals surface area contributed by atoms with Gasteiger partial charge in [0.2, 0.25) is 11.8 Å². The Labute approximate surface area is 190 Å². The Morgan fingerprint density at radius 2 is 1.75 bits per heavy atom. The van der Waals surface area contributed by atoms with Crippen LogP contribution in [0.1, 0.15) is 41.8 Å². The molecule has 1 aliphatic heterocycles. The lowest BCUT2D eigenvalue weighted by molar-refractivity contribution is 0.172. The molecule has 5 rings (SSSR count). The highest BCUT2D eigenvalue weighted by Gasteiger charge is 2.30. The zero-order chi connectivity index (χ0) is 21.8. The molecule has 7 heteroatoms. The van der Waals surface area contributed by atoms with Crippen LogP contribution in [0.4, 0.5) is 4.79 Å². The second-order valence-electron chi connectivity index (χ2n) is 7.95. The van der Waals surface area contributed by atoms with Crippen LogP contribution < -0.4 is 5.32 Å². The summed E-state index contributed by atoms with van der Waals surface area (Å²) in [6.07, 6.45) is 1.82. The molecule has 1 aliphatic rings. The number of nitrogens with one attached hydrogen (secondary N) is 1. The molecule has 0 unspecified atom stereocenters. The minimum Gasteiger partial charge on any atom is -0.420 e. The number of aromatic nitrogens is 2. The normalized spacial score (nSPS) is 16.3. The minimum atomic E-state index is -0.209. The minimum absolute atomic E-state index is 0.0429. The molecular formula is C25H24N4O2S. The summed E-state index contributed by atoms with van der Waals surface area (Å²) in [5, 5.41) is 15.7. The van der Waals surface area contributed by atoms with E-state index in [4.69, 9.17) is 4.42 Å². The van der Waals surface area contributed by atoms with Gasteiger partial charge in [0, 0.05) is 24.0 Å². The van der Waals surface area contributed by atoms with E-state index >= 15 is 0 Å². The fraction of sp³-hybridized carbons (Fsp3) is 0.240. The SMILES string of the molecule is O=C(NC(c1ccccc1)c1ccccc1)N1CCC[C@H](c2nnc(-c3ccsc3)o2)C1. The van der Waals surface area contributed by atoms with Crippen molar-refractivity contribution in [2.45, 2.75) is 24.8 Å². The molecule has 6 nitrogen and oxygen atoms in total. The first-order valence-electron chi connectivity index (χ1n) is 10.8. The van der Waals surface area contributed by atoms with Crippen molar-refractivity contribution in [2.75, 3.05) is 13.1 Å². The molecule has 0 saturated carbocycles. The third-order valence-corrected chi connectivity index (χ3v) is 6.48. The van der Waals surface area contributed by atoms with Crippen LogP contribution in [0.25, 0.3) is 11.5 Å². The number of piperidine rings is 1. The number of carbonyl (C=O) groups excluding carboxylic acids is 1. The molecule has 1 atom stereocenters. The molecule has 0 aliphatic carbocycles. The van der Waals surface area contributed by atoms with Crippen molar-refractivity contribution in [2.24, 2.45) is 0 Å². The number of thiophene rings is 1. The molecule has 0 radical (unpaired) electrons. The number of likely N-dealkylation sites (tertiary alicyclic amines) is 1. The molecular weight excluding hydrogens is 420 g/mol. The lowest BCUT2D eigenvalue weighted by Crippen LogP contribution is -2.46. The van der Waals surface area contributed by atoms with E-state index < -0.39 is 0 Å². The standard InChI is InChI=1S/C25H24N4O2S/c30-25(26-22(18-8-3-1-4-9-18)19-10-5-2-6-11-19)29-14-7-12-20(16-29)23-27-28-24(31-23)21-13-15-32-17-21/h1-6,8-11,13,15,17,20,22H,7,12,14,16H2,(H,26,30)/t20-/m0/s1. The van der Waals surface area contributed by atoms with Crippen molar-refractivity contribution in [1.29, 1.82) is 0 Å². The maximum absolute atomic E-state index is 13.3. The summed E-state index contributed by atoms with van der Waals surface area (Å²) in [4.78, 5) is 15.1. The average Bonchev–Trinajstić information content (AvgIpc) is 3.56. The second-order valence-corrected chi connectivity index (χ2v) is 8.73. The number of hydrogen-bond acceptors (Lipinski definition) is 5. The lowest BCUT2D eigenvalue weighted by Gasteiger charge is -2.32. The smallest absolute Gasteiger partial charge is 0.318 e. The van der Waals surface area contributed by atoms with E-state index in [-0.39, 0.29) is 18.0 Å². The maximum Gasteiger partial charge on any atom is 0.318 e. The molecule has 0 bridgehead atoms. The monoisotopic (exact) mass is 444 g/mol. The highest BCUT2D eigenvalue weighted by atomic mass is 32.1. The molecule has 1 N–H and O–H groups in total. The van der Waals surface area contributed by atoms with E-state index in [9.17, 15) is 4.79 Å². The van der Waals surface area contributed by atoms with Gasteiger partial charge in [-0.15, -0.1) is 10.2 Å². The fourth-order valence-electron chi connectivity index (χ4n) is 4.13. The molecule has 162 valence electrons. The van der Waals surface area contributed by atoms with Crippen molar-refractivity contribution >= 4 is 17.4 Å². The predicted molar refractivity (Wildman–Crippen MR) is 124 cm³/mol. The molecule has 2 aromatic carbocycles. The van der Waals surface area contributed by atoms with Crippen molar-refractivity contribution in [3.63, 3.8) is 0 Å². The van der Waals surface area contributed by atoms with Crippen LogP contribution in [0.3, 0.4) is 0 Å². The van der Waals surface area contributed by atoms with Crippen molar-refractivity contribution in [1.82, 2.24) is 20.4 Å². The summed E-state index contributed by atoms with van der Waals surface area (Å²) < 4.78 is 5.94. The molecule has 3 heterocycles. The number of urea groups is 1. The fourth-order valence-corrected chi connectivity index (χ4v) is 4.76. The van der Waals surface area contributed by atoms with Gasteiger partial charge in [0.1, 0.15) is 0 Å². The number of benzene rings is 2. The lowest BCUT2D eigenvalue weighted by atomic mass is 9.97. The average molecular weight is 445 g/mol. The first kappa shape index (κ1) is 20.5. The van der Waals surface area contributed by atoms with E-state index in [0.29, 0.717) is 24.9 Å². The van der Waals surface area contributed by atoms with Crippen LogP contribution in [-0.2, 0) is 0 Å². The van der Waals surface area contributed by atoms with Gasteiger partial charge in [-0.1, -0.05) is 60.7 Å². The van der Waals surface area contributed by atoms with Gasteiger partial charge >= 0.3 is 6.03 Å². The molecule has 0 spiro atoms. The third kappa shape index (κ3) is 4.43. The Bertz CT molecular complexity index is 1110. The maximum atomic E-state index is 13.3. The Balaban J connectivity index is 1.31. The predicted octanol–water partition coefficient (Wildman–Crippen LogP) is 5.48. The van der Waals surface area contributed by atoms with E-state index in [2.05, 4.69) is 15.5 Å². The zero-order valence-electron chi connectivity index (χ0n) is 17.6. The van der Waals surface area contributed by atoms with Crippen LogP contribution in [0, 0.1) is 0 Å². The van der Waals surface area contributed by atoms with E-state index in [1.54, 1.807) is 11.3 Å². The topological polar surface area (TPSA) is 71.3 Å². The quantitative estimate of drug-likeness (QED) is 0.443. The van der Waals surface area contributed by atoms with Gasteiger partial charge in [-0.05, 0) is 35.4 Å². The van der Waals surface area contributed by atoms with Gasteiger partial charge < -0.3 is 14.6 Å². The number of rotatable bonds is 5. The molecule has 1 saturated heterocycles. The van der Waals surface area contributed by atoms with Gasteiger partial charge in [-0.25, -0.2) is 4.79 Å². The van der Waals surface area contributed by atoms with E-state index in [1.807, 2.05) is 82.4 Å². The highest BCUT2D eigenvalue weighted by molar-refractivity contribution is 7.08. The summed E-state index contributed by atoms with van der Waals surface area (Å²) in [5.74, 6) is 1.18. The van der Waals surface area contributed by atoms with Crippen LogP contribution in [0.2, 0.25) is 0 Å². The summed E-state index contributed by atoms with van der Waals surface area (Å²) in [6.45, 7) is 1.28. The first-order valence-corrected chi connectivity index (χ1v) is 11.7. The molecule has 32 heavy (non-hydrogen) atoms. The summed E-state index contributed by atoms with van der Waals surface area (Å²) >= 11 is 1.60. The third-order valence-electron chi connectivity index (χ3n) is 5.80. The first-order chi connectivity index (χ1) is 15.8. The van der Waals surface area contributed by atoms with Gasteiger partial charge in [-0.2, -0.15) is 11.3 Å². The van der Waals surface area contributed by atoms with E-state index in [1.165, 1.54) is 0 Å². The summed E-state index contributed by atoms with van der Waals surface area (Å²) in [6, 6.07) is 21.8. The Morgan fingerprint density at radius 1 is 1.03 bits per heavy atom.